The minimum Gasteiger partial charge on any atom is -0.462 e. The van der Waals surface area contributed by atoms with Crippen molar-refractivity contribution in [1.29, 1.82) is 0 Å². The summed E-state index contributed by atoms with van der Waals surface area (Å²) in [6.45, 7) is 6.33. The first-order valence-corrected chi connectivity index (χ1v) is 25.8. The van der Waals surface area contributed by atoms with E-state index >= 15 is 0 Å². The molecule has 0 amide bonds. The van der Waals surface area contributed by atoms with E-state index in [9.17, 15) is 14.4 Å². The number of carbonyl (C=O) groups excluding carboxylic acids is 3. The third-order valence-corrected chi connectivity index (χ3v) is 10.6. The van der Waals surface area contributed by atoms with Crippen LogP contribution in [-0.2, 0) is 28.6 Å². The Morgan fingerprint density at radius 2 is 0.698 bits per heavy atom. The van der Waals surface area contributed by atoms with Gasteiger partial charge in [-0.3, -0.25) is 14.4 Å². The normalized spacial score (nSPS) is 12.9. The molecular formula is C57H94O6. The van der Waals surface area contributed by atoms with E-state index in [1.165, 1.54) is 64.2 Å². The Bertz CT molecular complexity index is 1280. The lowest BCUT2D eigenvalue weighted by Gasteiger charge is -2.18. The number of hydrogen-bond acceptors (Lipinski definition) is 6. The average molecular weight is 875 g/mol. The number of carbonyl (C=O) groups is 3. The van der Waals surface area contributed by atoms with Crippen LogP contribution < -0.4 is 0 Å². The minimum absolute atomic E-state index is 0.100. The van der Waals surface area contributed by atoms with Gasteiger partial charge >= 0.3 is 17.9 Å². The van der Waals surface area contributed by atoms with E-state index in [0.29, 0.717) is 19.3 Å². The van der Waals surface area contributed by atoms with Crippen LogP contribution in [0.5, 0.6) is 0 Å². The molecule has 0 heterocycles. The van der Waals surface area contributed by atoms with Crippen molar-refractivity contribution in [3.63, 3.8) is 0 Å². The number of rotatable bonds is 45. The fourth-order valence-electron chi connectivity index (χ4n) is 6.81. The lowest BCUT2D eigenvalue weighted by Crippen LogP contribution is -2.30. The Morgan fingerprint density at radius 1 is 0.349 bits per heavy atom. The van der Waals surface area contributed by atoms with Crippen LogP contribution in [-0.4, -0.2) is 37.2 Å². The molecule has 0 aromatic carbocycles. The SMILES string of the molecule is CC\C=C/C=C\C=C/C=C\CCCCCCCC(=O)OC(COC(=O)CCCCCC/C=C\C/C=C\C/C=C\CC)COC(=O)CCCCCCC/C=C\CCCCCCCCC. The van der Waals surface area contributed by atoms with Crippen LogP contribution in [0.15, 0.2) is 97.2 Å². The molecule has 0 saturated carbocycles. The summed E-state index contributed by atoms with van der Waals surface area (Å²) in [4.78, 5) is 38.0. The molecule has 6 heteroatoms. The number of esters is 3. The number of unbranched alkanes of at least 4 members (excludes halogenated alkanes) is 21. The Kier molecular flexibility index (Phi) is 48.0. The molecule has 0 aromatic heterocycles. The van der Waals surface area contributed by atoms with Gasteiger partial charge < -0.3 is 14.2 Å². The second-order valence-electron chi connectivity index (χ2n) is 16.8. The van der Waals surface area contributed by atoms with E-state index in [-0.39, 0.29) is 31.1 Å². The van der Waals surface area contributed by atoms with E-state index in [4.69, 9.17) is 14.2 Å². The highest BCUT2D eigenvalue weighted by Crippen LogP contribution is 2.13. The predicted octanol–water partition coefficient (Wildman–Crippen LogP) is 17.0. The topological polar surface area (TPSA) is 78.9 Å². The Balaban J connectivity index is 4.48. The lowest BCUT2D eigenvalue weighted by molar-refractivity contribution is -0.167. The summed E-state index contributed by atoms with van der Waals surface area (Å²) in [7, 11) is 0. The maximum absolute atomic E-state index is 12.8. The van der Waals surface area contributed by atoms with Crippen molar-refractivity contribution in [1.82, 2.24) is 0 Å². The number of allylic oxidation sites excluding steroid dienone is 16. The van der Waals surface area contributed by atoms with E-state index < -0.39 is 6.10 Å². The zero-order valence-corrected chi connectivity index (χ0v) is 40.8. The summed E-state index contributed by atoms with van der Waals surface area (Å²) in [5, 5.41) is 0. The number of hydrogen-bond donors (Lipinski definition) is 0. The summed E-state index contributed by atoms with van der Waals surface area (Å²) in [5.74, 6) is -0.957. The summed E-state index contributed by atoms with van der Waals surface area (Å²) >= 11 is 0. The van der Waals surface area contributed by atoms with Crippen molar-refractivity contribution >= 4 is 17.9 Å². The fourth-order valence-corrected chi connectivity index (χ4v) is 6.81. The van der Waals surface area contributed by atoms with Gasteiger partial charge in [-0.15, -0.1) is 0 Å². The molecule has 0 aromatic rings. The van der Waals surface area contributed by atoms with E-state index in [1.54, 1.807) is 0 Å². The smallest absolute Gasteiger partial charge is 0.306 e. The zero-order valence-electron chi connectivity index (χ0n) is 40.8. The summed E-state index contributed by atoms with van der Waals surface area (Å²) < 4.78 is 16.8. The van der Waals surface area contributed by atoms with Crippen molar-refractivity contribution in [2.45, 2.75) is 232 Å². The Hall–Kier alpha value is -3.67. The standard InChI is InChI=1S/C57H94O6/c1-4-7-10-13-16-19-22-25-28-30-32-35-38-41-44-47-50-56(59)62-53-54(52-61-55(58)49-46-43-40-37-34-31-27-24-21-18-15-12-9-6-3)63-57(60)51-48-45-42-39-36-33-29-26-23-20-17-14-11-8-5-2/h8-9,11-12,14,17-18,20-21,23,26-31,54H,4-7,10,13,15-16,19,22,24-25,32-53H2,1-3H3/b11-8-,12-9-,17-14-,21-18-,23-20-,29-26-,30-28-,31-27-. The third-order valence-electron chi connectivity index (χ3n) is 10.6. The first kappa shape index (κ1) is 59.3. The molecule has 0 fully saturated rings. The van der Waals surface area contributed by atoms with Gasteiger partial charge in [-0.1, -0.05) is 208 Å². The molecule has 358 valence electrons. The van der Waals surface area contributed by atoms with Crippen LogP contribution in [0.3, 0.4) is 0 Å². The molecule has 63 heavy (non-hydrogen) atoms. The summed E-state index contributed by atoms with van der Waals surface area (Å²) in [6.07, 6.45) is 66.7. The highest BCUT2D eigenvalue weighted by molar-refractivity contribution is 5.71. The molecule has 0 aliphatic carbocycles. The first-order valence-electron chi connectivity index (χ1n) is 25.8. The highest BCUT2D eigenvalue weighted by atomic mass is 16.6. The maximum atomic E-state index is 12.8. The van der Waals surface area contributed by atoms with Crippen molar-refractivity contribution in [3.8, 4) is 0 Å². The predicted molar refractivity (Wildman–Crippen MR) is 270 cm³/mol. The van der Waals surface area contributed by atoms with Gasteiger partial charge in [-0.05, 0) is 96.3 Å². The monoisotopic (exact) mass is 875 g/mol. The molecule has 0 aliphatic rings. The molecule has 0 N–H and O–H groups in total. The molecule has 1 unspecified atom stereocenters. The van der Waals surface area contributed by atoms with Gasteiger partial charge in [0.1, 0.15) is 13.2 Å². The third kappa shape index (κ3) is 49.2. The van der Waals surface area contributed by atoms with Crippen LogP contribution in [0, 0.1) is 0 Å². The van der Waals surface area contributed by atoms with E-state index in [1.807, 2.05) is 24.3 Å². The molecule has 0 rings (SSSR count). The van der Waals surface area contributed by atoms with Crippen molar-refractivity contribution in [2.24, 2.45) is 0 Å². The summed E-state index contributed by atoms with van der Waals surface area (Å²) in [6, 6.07) is 0. The van der Waals surface area contributed by atoms with Gasteiger partial charge in [0, 0.05) is 19.3 Å². The van der Waals surface area contributed by atoms with Crippen molar-refractivity contribution in [2.75, 3.05) is 13.2 Å². The van der Waals surface area contributed by atoms with Crippen molar-refractivity contribution in [3.05, 3.63) is 97.2 Å². The van der Waals surface area contributed by atoms with Gasteiger partial charge in [-0.2, -0.15) is 0 Å². The quantitative estimate of drug-likeness (QED) is 0.0199. The molecule has 1 atom stereocenters. The van der Waals surface area contributed by atoms with Crippen molar-refractivity contribution < 1.29 is 28.6 Å². The first-order chi connectivity index (χ1) is 31.0. The van der Waals surface area contributed by atoms with E-state index in [0.717, 1.165) is 122 Å². The van der Waals surface area contributed by atoms with Crippen LogP contribution >= 0.6 is 0 Å². The highest BCUT2D eigenvalue weighted by Gasteiger charge is 2.19. The zero-order chi connectivity index (χ0) is 45.8. The lowest BCUT2D eigenvalue weighted by atomic mass is 10.1. The maximum Gasteiger partial charge on any atom is 0.306 e. The van der Waals surface area contributed by atoms with Crippen LogP contribution in [0.4, 0.5) is 0 Å². The molecule has 0 spiro atoms. The molecule has 6 nitrogen and oxygen atoms in total. The van der Waals surface area contributed by atoms with Gasteiger partial charge in [0.05, 0.1) is 0 Å². The molecule has 0 saturated heterocycles. The van der Waals surface area contributed by atoms with Crippen LogP contribution in [0.1, 0.15) is 226 Å². The fraction of sp³-hybridized carbons (Fsp3) is 0.667. The van der Waals surface area contributed by atoms with Crippen LogP contribution in [0.2, 0.25) is 0 Å². The van der Waals surface area contributed by atoms with E-state index in [2.05, 4.69) is 93.7 Å². The number of ether oxygens (including phenoxy) is 3. The summed E-state index contributed by atoms with van der Waals surface area (Å²) in [5.41, 5.74) is 0. The molecule has 0 aliphatic heterocycles. The Labute approximate surface area is 387 Å². The average Bonchev–Trinajstić information content (AvgIpc) is 3.28. The van der Waals surface area contributed by atoms with Gasteiger partial charge in [0.15, 0.2) is 6.10 Å². The molecule has 0 bridgehead atoms. The second kappa shape index (κ2) is 51.0. The van der Waals surface area contributed by atoms with Crippen LogP contribution in [0.25, 0.3) is 0 Å². The van der Waals surface area contributed by atoms with Gasteiger partial charge in [-0.25, -0.2) is 0 Å². The second-order valence-corrected chi connectivity index (χ2v) is 16.8. The van der Waals surface area contributed by atoms with Gasteiger partial charge in [0.25, 0.3) is 0 Å². The minimum atomic E-state index is -0.803. The molecular weight excluding hydrogens is 781 g/mol. The molecule has 0 radical (unpaired) electrons. The van der Waals surface area contributed by atoms with Gasteiger partial charge in [0.2, 0.25) is 0 Å². The largest absolute Gasteiger partial charge is 0.462 e. The Morgan fingerprint density at radius 3 is 1.17 bits per heavy atom.